The van der Waals surface area contributed by atoms with Crippen LogP contribution in [0.3, 0.4) is 0 Å². The summed E-state index contributed by atoms with van der Waals surface area (Å²) >= 11 is 2.50. The molecule has 0 unspecified atom stereocenters. The molecule has 3 aromatic rings. The summed E-state index contributed by atoms with van der Waals surface area (Å²) in [6.45, 7) is 0.398. The molecular formula is C20H18N2O3S2. The molecule has 0 aliphatic rings. The number of hydrogen-bond acceptors (Lipinski definition) is 5. The van der Waals surface area contributed by atoms with Crippen LogP contribution in [0.5, 0.6) is 0 Å². The molecule has 0 atom stereocenters. The van der Waals surface area contributed by atoms with Gasteiger partial charge < -0.3 is 5.11 Å². The summed E-state index contributed by atoms with van der Waals surface area (Å²) in [5, 5.41) is 11.3. The van der Waals surface area contributed by atoms with Crippen LogP contribution in [-0.2, 0) is 16.1 Å². The summed E-state index contributed by atoms with van der Waals surface area (Å²) in [5.74, 6) is -1.08. The monoisotopic (exact) mass is 398 g/mol. The summed E-state index contributed by atoms with van der Waals surface area (Å²) in [7, 11) is 0. The van der Waals surface area contributed by atoms with Crippen molar-refractivity contribution in [2.75, 3.05) is 16.4 Å². The molecule has 1 N–H and O–H groups in total. The number of thioether (sulfide) groups is 1. The van der Waals surface area contributed by atoms with E-state index in [1.807, 2.05) is 66.0 Å². The average molecular weight is 399 g/mol. The van der Waals surface area contributed by atoms with E-state index in [0.29, 0.717) is 11.7 Å². The molecule has 138 valence electrons. The first-order valence-electron chi connectivity index (χ1n) is 8.28. The zero-order valence-corrected chi connectivity index (χ0v) is 16.1. The lowest BCUT2D eigenvalue weighted by atomic mass is 10.2. The Morgan fingerprint density at radius 1 is 1.00 bits per heavy atom. The van der Waals surface area contributed by atoms with Gasteiger partial charge in [0.15, 0.2) is 5.13 Å². The molecule has 0 saturated carbocycles. The third-order valence-corrected chi connectivity index (χ3v) is 5.49. The van der Waals surface area contributed by atoms with Gasteiger partial charge in [0.1, 0.15) is 0 Å². The molecule has 0 spiro atoms. The van der Waals surface area contributed by atoms with Gasteiger partial charge in [-0.05, 0) is 5.56 Å². The fourth-order valence-corrected chi connectivity index (χ4v) is 3.92. The highest BCUT2D eigenvalue weighted by Crippen LogP contribution is 2.29. The van der Waals surface area contributed by atoms with Crippen LogP contribution in [0.15, 0.2) is 66.0 Å². The number of nitrogens with zero attached hydrogens (tertiary/aromatic N) is 2. The maximum Gasteiger partial charge on any atom is 0.313 e. The third kappa shape index (κ3) is 5.42. The highest BCUT2D eigenvalue weighted by molar-refractivity contribution is 8.00. The predicted molar refractivity (Wildman–Crippen MR) is 110 cm³/mol. The normalized spacial score (nSPS) is 10.5. The molecule has 0 radical (unpaired) electrons. The molecule has 0 saturated heterocycles. The third-order valence-electron chi connectivity index (χ3n) is 3.73. The Labute approximate surface area is 165 Å². The number of thiazole rings is 1. The molecule has 1 amide bonds. The van der Waals surface area contributed by atoms with Crippen molar-refractivity contribution >= 4 is 40.1 Å². The summed E-state index contributed by atoms with van der Waals surface area (Å²) < 4.78 is 0. The molecular weight excluding hydrogens is 380 g/mol. The number of carboxylic acids is 1. The molecule has 3 rings (SSSR count). The standard InChI is InChI=1S/C20H18N2O3S2/c23-18(13-26-14-19(24)25)22(11-15-7-3-1-4-8-15)20-21-17(12-27-20)16-9-5-2-6-10-16/h1-10,12H,11,13-14H2,(H,24,25). The largest absolute Gasteiger partial charge is 0.481 e. The SMILES string of the molecule is O=C(O)CSCC(=O)N(Cc1ccccc1)c1nc(-c2ccccc2)cs1. The minimum Gasteiger partial charge on any atom is -0.481 e. The molecule has 0 aliphatic heterocycles. The van der Waals surface area contributed by atoms with Crippen LogP contribution in [0.25, 0.3) is 11.3 Å². The molecule has 1 aromatic heterocycles. The van der Waals surface area contributed by atoms with E-state index in [-0.39, 0.29) is 17.4 Å². The fraction of sp³-hybridized carbons (Fsp3) is 0.150. The van der Waals surface area contributed by atoms with Gasteiger partial charge in [-0.3, -0.25) is 14.5 Å². The Morgan fingerprint density at radius 2 is 1.67 bits per heavy atom. The lowest BCUT2D eigenvalue weighted by Crippen LogP contribution is -2.32. The van der Waals surface area contributed by atoms with E-state index in [0.717, 1.165) is 28.6 Å². The van der Waals surface area contributed by atoms with Gasteiger partial charge in [-0.2, -0.15) is 0 Å². The molecule has 0 aliphatic carbocycles. The maximum atomic E-state index is 12.8. The number of carboxylic acid groups (broad SMARTS) is 1. The first-order chi connectivity index (χ1) is 13.1. The van der Waals surface area contributed by atoms with Crippen LogP contribution >= 0.6 is 23.1 Å². The quantitative estimate of drug-likeness (QED) is 0.617. The van der Waals surface area contributed by atoms with E-state index in [9.17, 15) is 9.59 Å². The number of carbonyl (C=O) groups excluding carboxylic acids is 1. The van der Waals surface area contributed by atoms with Crippen LogP contribution < -0.4 is 4.90 Å². The van der Waals surface area contributed by atoms with E-state index in [1.54, 1.807) is 4.90 Å². The first kappa shape index (κ1) is 19.1. The maximum absolute atomic E-state index is 12.8. The number of aromatic nitrogens is 1. The topological polar surface area (TPSA) is 70.5 Å². The summed E-state index contributed by atoms with van der Waals surface area (Å²) in [5.41, 5.74) is 2.80. The van der Waals surface area contributed by atoms with Crippen LogP contribution in [-0.4, -0.2) is 33.5 Å². The molecule has 0 bridgehead atoms. The molecule has 27 heavy (non-hydrogen) atoms. The van der Waals surface area contributed by atoms with Crippen molar-refractivity contribution in [2.45, 2.75) is 6.54 Å². The van der Waals surface area contributed by atoms with Gasteiger partial charge in [0.05, 0.1) is 23.7 Å². The number of anilines is 1. The lowest BCUT2D eigenvalue weighted by Gasteiger charge is -2.20. The Morgan fingerprint density at radius 3 is 2.33 bits per heavy atom. The van der Waals surface area contributed by atoms with Crippen molar-refractivity contribution in [2.24, 2.45) is 0 Å². The van der Waals surface area contributed by atoms with E-state index >= 15 is 0 Å². The predicted octanol–water partition coefficient (Wildman–Crippen LogP) is 4.16. The fourth-order valence-electron chi connectivity index (χ4n) is 2.46. The van der Waals surface area contributed by atoms with Crippen LogP contribution in [0, 0.1) is 0 Å². The van der Waals surface area contributed by atoms with E-state index in [2.05, 4.69) is 4.98 Å². The van der Waals surface area contributed by atoms with Crippen molar-refractivity contribution < 1.29 is 14.7 Å². The highest BCUT2D eigenvalue weighted by Gasteiger charge is 2.20. The van der Waals surface area contributed by atoms with Gasteiger partial charge in [0, 0.05) is 10.9 Å². The highest BCUT2D eigenvalue weighted by atomic mass is 32.2. The molecule has 1 heterocycles. The summed E-state index contributed by atoms with van der Waals surface area (Å²) in [6, 6.07) is 19.5. The number of amides is 1. The second-order valence-electron chi connectivity index (χ2n) is 5.73. The van der Waals surface area contributed by atoms with Crippen molar-refractivity contribution in [1.82, 2.24) is 4.98 Å². The number of hydrogen-bond donors (Lipinski definition) is 1. The Kier molecular flexibility index (Phi) is 6.62. The zero-order chi connectivity index (χ0) is 19.1. The van der Waals surface area contributed by atoms with Crippen molar-refractivity contribution in [3.05, 3.63) is 71.6 Å². The Balaban J connectivity index is 1.81. The van der Waals surface area contributed by atoms with Gasteiger partial charge in [-0.1, -0.05) is 60.7 Å². The van der Waals surface area contributed by atoms with Gasteiger partial charge in [0.2, 0.25) is 5.91 Å². The van der Waals surface area contributed by atoms with Crippen molar-refractivity contribution in [3.63, 3.8) is 0 Å². The minimum absolute atomic E-state index is 0.0966. The van der Waals surface area contributed by atoms with Crippen molar-refractivity contribution in [1.29, 1.82) is 0 Å². The first-order valence-corrected chi connectivity index (χ1v) is 10.3. The molecule has 2 aromatic carbocycles. The Hall–Kier alpha value is -2.64. The second-order valence-corrected chi connectivity index (χ2v) is 7.56. The zero-order valence-electron chi connectivity index (χ0n) is 14.4. The number of aliphatic carboxylic acids is 1. The van der Waals surface area contributed by atoms with Crippen LogP contribution in [0.1, 0.15) is 5.56 Å². The number of rotatable bonds is 8. The summed E-state index contributed by atoms with van der Waals surface area (Å²) in [4.78, 5) is 29.7. The summed E-state index contributed by atoms with van der Waals surface area (Å²) in [6.07, 6.45) is 0. The minimum atomic E-state index is -0.928. The van der Waals surface area contributed by atoms with Crippen molar-refractivity contribution in [3.8, 4) is 11.3 Å². The van der Waals surface area contributed by atoms with Gasteiger partial charge in [-0.25, -0.2) is 4.98 Å². The molecule has 5 nitrogen and oxygen atoms in total. The van der Waals surface area contributed by atoms with Gasteiger partial charge in [0.25, 0.3) is 0 Å². The van der Waals surface area contributed by atoms with Crippen LogP contribution in [0.4, 0.5) is 5.13 Å². The van der Waals surface area contributed by atoms with E-state index in [4.69, 9.17) is 5.11 Å². The van der Waals surface area contributed by atoms with E-state index < -0.39 is 5.97 Å². The smallest absolute Gasteiger partial charge is 0.313 e. The average Bonchev–Trinajstić information content (AvgIpc) is 3.17. The Bertz CT molecular complexity index is 898. The molecule has 0 fully saturated rings. The number of benzene rings is 2. The van der Waals surface area contributed by atoms with Crippen LogP contribution in [0.2, 0.25) is 0 Å². The second kappa shape index (κ2) is 9.34. The number of carbonyl (C=O) groups is 2. The van der Waals surface area contributed by atoms with Gasteiger partial charge in [-0.15, -0.1) is 23.1 Å². The molecule has 7 heteroatoms. The van der Waals surface area contributed by atoms with E-state index in [1.165, 1.54) is 11.3 Å². The van der Waals surface area contributed by atoms with Gasteiger partial charge >= 0.3 is 5.97 Å². The lowest BCUT2D eigenvalue weighted by molar-refractivity contribution is -0.133.